The van der Waals surface area contributed by atoms with E-state index >= 15 is 0 Å². The van der Waals surface area contributed by atoms with Crippen molar-refractivity contribution in [1.29, 1.82) is 0 Å². The van der Waals surface area contributed by atoms with Gasteiger partial charge in [-0.1, -0.05) is 12.5 Å². The average Bonchev–Trinajstić information content (AvgIpc) is 2.62. The van der Waals surface area contributed by atoms with Gasteiger partial charge in [-0.25, -0.2) is 8.42 Å². The number of rotatable bonds is 7. The molecule has 1 saturated heterocycles. The van der Waals surface area contributed by atoms with Gasteiger partial charge in [0.05, 0.1) is 17.6 Å². The summed E-state index contributed by atoms with van der Waals surface area (Å²) in [5, 5.41) is 9.82. The number of carbonyl (C=O) groups is 1. The maximum Gasteiger partial charge on any atom is 0.253 e. The fraction of sp³-hybridized carbons (Fsp3) is 0.611. The number of benzene rings is 1. The lowest BCUT2D eigenvalue weighted by Crippen LogP contribution is -2.37. The Morgan fingerprint density at radius 3 is 2.58 bits per heavy atom. The predicted octanol–water partition coefficient (Wildman–Crippen LogP) is 1.25. The molecule has 26 heavy (non-hydrogen) atoms. The quantitative estimate of drug-likeness (QED) is 0.764. The highest BCUT2D eigenvalue weighted by molar-refractivity contribution is 7.89. The number of piperidine rings is 1. The third-order valence-electron chi connectivity index (χ3n) is 4.58. The fourth-order valence-corrected chi connectivity index (χ4v) is 4.64. The first-order chi connectivity index (χ1) is 12.3. The molecule has 1 fully saturated rings. The average molecular weight is 384 g/mol. The van der Waals surface area contributed by atoms with E-state index in [1.54, 1.807) is 26.1 Å². The Kier molecular flexibility index (Phi) is 7.16. The lowest BCUT2D eigenvalue weighted by Gasteiger charge is -2.26. The molecule has 0 aliphatic carbocycles. The van der Waals surface area contributed by atoms with Gasteiger partial charge in [0.15, 0.2) is 0 Å². The molecule has 1 atom stereocenters. The molecule has 1 amide bonds. The molecule has 1 unspecified atom stereocenters. The largest absolute Gasteiger partial charge is 0.389 e. The van der Waals surface area contributed by atoms with Crippen LogP contribution in [0.2, 0.25) is 0 Å². The Morgan fingerprint density at radius 2 is 1.96 bits per heavy atom. The first kappa shape index (κ1) is 20.8. The van der Waals surface area contributed by atoms with Crippen molar-refractivity contribution in [3.63, 3.8) is 0 Å². The summed E-state index contributed by atoms with van der Waals surface area (Å²) in [7, 11) is -0.547. The van der Waals surface area contributed by atoms with Gasteiger partial charge in [0.1, 0.15) is 0 Å². The minimum absolute atomic E-state index is 0.106. The molecule has 1 aliphatic heterocycles. The topological polar surface area (TPSA) is 87.1 Å². The normalized spacial score (nSPS) is 17.1. The number of aliphatic hydroxyl groups excluding tert-OH is 1. The van der Waals surface area contributed by atoms with Crippen molar-refractivity contribution in [2.45, 2.75) is 37.2 Å². The number of aliphatic hydroxyl groups is 1. The smallest absolute Gasteiger partial charge is 0.253 e. The Balaban J connectivity index is 2.24. The maximum absolute atomic E-state index is 12.9. The summed E-state index contributed by atoms with van der Waals surface area (Å²) in [4.78, 5) is 14.2. The van der Waals surface area contributed by atoms with Crippen LogP contribution in [-0.4, -0.2) is 75.1 Å². The molecule has 7 nitrogen and oxygen atoms in total. The van der Waals surface area contributed by atoms with Gasteiger partial charge in [-0.3, -0.25) is 4.79 Å². The molecule has 0 aromatic heterocycles. The first-order valence-corrected chi connectivity index (χ1v) is 10.2. The van der Waals surface area contributed by atoms with Crippen molar-refractivity contribution in [2.24, 2.45) is 0 Å². The van der Waals surface area contributed by atoms with Crippen LogP contribution in [0, 0.1) is 6.92 Å². The molecular formula is C18H28N2O5S. The summed E-state index contributed by atoms with van der Waals surface area (Å²) >= 11 is 0. The van der Waals surface area contributed by atoms with Gasteiger partial charge >= 0.3 is 0 Å². The number of carbonyl (C=O) groups excluding carboxylic acids is 1. The highest BCUT2D eigenvalue weighted by Crippen LogP contribution is 2.23. The van der Waals surface area contributed by atoms with Gasteiger partial charge in [0, 0.05) is 39.4 Å². The fourth-order valence-electron chi connectivity index (χ4n) is 3.10. The molecule has 0 bridgehead atoms. The van der Waals surface area contributed by atoms with E-state index in [-0.39, 0.29) is 24.0 Å². The SMILES string of the molecule is COCC(O)CN(C)C(=O)c1cc(S(=O)(=O)N2CCCCC2)ccc1C. The van der Waals surface area contributed by atoms with Crippen LogP contribution >= 0.6 is 0 Å². The number of hydrogen-bond donors (Lipinski definition) is 1. The van der Waals surface area contributed by atoms with Crippen molar-refractivity contribution < 1.29 is 23.1 Å². The molecular weight excluding hydrogens is 356 g/mol. The van der Waals surface area contributed by atoms with E-state index in [9.17, 15) is 18.3 Å². The van der Waals surface area contributed by atoms with Crippen molar-refractivity contribution in [3.8, 4) is 0 Å². The van der Waals surface area contributed by atoms with Crippen molar-refractivity contribution in [3.05, 3.63) is 29.3 Å². The van der Waals surface area contributed by atoms with Gasteiger partial charge < -0.3 is 14.7 Å². The van der Waals surface area contributed by atoms with E-state index in [1.165, 1.54) is 22.4 Å². The highest BCUT2D eigenvalue weighted by atomic mass is 32.2. The molecule has 1 aliphatic rings. The summed E-state index contributed by atoms with van der Waals surface area (Å²) in [5.41, 5.74) is 1.02. The van der Waals surface area contributed by atoms with Crippen LogP contribution in [0.1, 0.15) is 35.2 Å². The predicted molar refractivity (Wildman–Crippen MR) is 98.6 cm³/mol. The number of methoxy groups -OCH3 is 1. The molecule has 0 saturated carbocycles. The summed E-state index contributed by atoms with van der Waals surface area (Å²) in [6.07, 6.45) is 1.96. The van der Waals surface area contributed by atoms with Gasteiger partial charge in [-0.15, -0.1) is 0 Å². The second kappa shape index (κ2) is 8.94. The van der Waals surface area contributed by atoms with E-state index in [4.69, 9.17) is 4.74 Å². The first-order valence-electron chi connectivity index (χ1n) is 8.80. The second-order valence-electron chi connectivity index (χ2n) is 6.74. The molecule has 1 N–H and O–H groups in total. The molecule has 0 spiro atoms. The van der Waals surface area contributed by atoms with Gasteiger partial charge in [0.25, 0.3) is 5.91 Å². The van der Waals surface area contributed by atoms with E-state index in [2.05, 4.69) is 0 Å². The zero-order chi connectivity index (χ0) is 19.3. The van der Waals surface area contributed by atoms with Crippen molar-refractivity contribution in [2.75, 3.05) is 40.4 Å². The van der Waals surface area contributed by atoms with E-state index in [0.717, 1.165) is 19.3 Å². The molecule has 1 aromatic carbocycles. The molecule has 8 heteroatoms. The van der Waals surface area contributed by atoms with Crippen LogP contribution in [0.5, 0.6) is 0 Å². The van der Waals surface area contributed by atoms with Crippen LogP contribution in [0.15, 0.2) is 23.1 Å². The minimum Gasteiger partial charge on any atom is -0.389 e. The van der Waals surface area contributed by atoms with Gasteiger partial charge in [-0.2, -0.15) is 4.31 Å². The summed E-state index contributed by atoms with van der Waals surface area (Å²) < 4.78 is 32.1. The van der Waals surface area contributed by atoms with E-state index < -0.39 is 16.1 Å². The zero-order valence-corrected chi connectivity index (χ0v) is 16.5. The Bertz CT molecular complexity index is 729. The summed E-state index contributed by atoms with van der Waals surface area (Å²) in [5.74, 6) is -0.326. The third kappa shape index (κ3) is 4.82. The highest BCUT2D eigenvalue weighted by Gasteiger charge is 2.27. The molecule has 1 heterocycles. The number of hydrogen-bond acceptors (Lipinski definition) is 5. The van der Waals surface area contributed by atoms with Crippen molar-refractivity contribution >= 4 is 15.9 Å². The molecule has 146 valence electrons. The number of amides is 1. The Labute approximate surface area is 155 Å². The number of aryl methyl sites for hydroxylation is 1. The maximum atomic E-state index is 12.9. The Morgan fingerprint density at radius 1 is 1.31 bits per heavy atom. The number of nitrogens with zero attached hydrogens (tertiary/aromatic N) is 2. The monoisotopic (exact) mass is 384 g/mol. The third-order valence-corrected chi connectivity index (χ3v) is 6.48. The lowest BCUT2D eigenvalue weighted by molar-refractivity contribution is 0.0380. The van der Waals surface area contributed by atoms with Crippen LogP contribution in [-0.2, 0) is 14.8 Å². The van der Waals surface area contributed by atoms with Crippen LogP contribution in [0.3, 0.4) is 0 Å². The van der Waals surface area contributed by atoms with E-state index in [0.29, 0.717) is 24.2 Å². The number of ether oxygens (including phenoxy) is 1. The van der Waals surface area contributed by atoms with Gasteiger partial charge in [0.2, 0.25) is 10.0 Å². The second-order valence-corrected chi connectivity index (χ2v) is 8.67. The summed E-state index contributed by atoms with van der Waals surface area (Å²) in [6, 6.07) is 4.65. The van der Waals surface area contributed by atoms with Crippen LogP contribution in [0.25, 0.3) is 0 Å². The van der Waals surface area contributed by atoms with Gasteiger partial charge in [-0.05, 0) is 37.5 Å². The van der Waals surface area contributed by atoms with Crippen LogP contribution in [0.4, 0.5) is 0 Å². The Hall–Kier alpha value is -1.48. The summed E-state index contributed by atoms with van der Waals surface area (Å²) in [6.45, 7) is 3.03. The lowest BCUT2D eigenvalue weighted by atomic mass is 10.1. The van der Waals surface area contributed by atoms with Crippen molar-refractivity contribution in [1.82, 2.24) is 9.21 Å². The minimum atomic E-state index is -3.60. The van der Waals surface area contributed by atoms with E-state index in [1.807, 2.05) is 0 Å². The van der Waals surface area contributed by atoms with Crippen LogP contribution < -0.4 is 0 Å². The number of likely N-dealkylation sites (N-methyl/N-ethyl adjacent to an activating group) is 1. The standard InChI is InChI=1S/C18H28N2O5S/c1-14-7-8-16(26(23,24)20-9-5-4-6-10-20)11-17(14)18(22)19(2)12-15(21)13-25-3/h7-8,11,15,21H,4-6,9-10,12-13H2,1-3H3. The molecule has 2 rings (SSSR count). The molecule has 1 aromatic rings. The zero-order valence-electron chi connectivity index (χ0n) is 15.6. The molecule has 0 radical (unpaired) electrons. The number of sulfonamides is 1.